The molecular formula is C21H22N4O5. The van der Waals surface area contributed by atoms with Crippen LogP contribution in [0.1, 0.15) is 30.1 Å². The summed E-state index contributed by atoms with van der Waals surface area (Å²) >= 11 is 0. The van der Waals surface area contributed by atoms with Gasteiger partial charge in [-0.05, 0) is 42.8 Å². The van der Waals surface area contributed by atoms with Crippen molar-refractivity contribution in [3.05, 3.63) is 64.4 Å². The van der Waals surface area contributed by atoms with E-state index in [2.05, 4.69) is 22.6 Å². The minimum absolute atomic E-state index is 0.344. The number of nitrogens with zero attached hydrogens (tertiary/aromatic N) is 3. The van der Waals surface area contributed by atoms with Gasteiger partial charge in [0.25, 0.3) is 11.5 Å². The molecule has 0 radical (unpaired) electrons. The Morgan fingerprint density at radius 2 is 1.87 bits per heavy atom. The molecule has 1 N–H and O–H groups in total. The normalized spacial score (nSPS) is 10.6. The van der Waals surface area contributed by atoms with Gasteiger partial charge in [-0.1, -0.05) is 30.7 Å². The number of fused-ring (bicyclic) bond motifs is 1. The summed E-state index contributed by atoms with van der Waals surface area (Å²) in [5, 5.41) is 10.5. The summed E-state index contributed by atoms with van der Waals surface area (Å²) in [6, 6.07) is 13.4. The number of benzene rings is 2. The maximum absolute atomic E-state index is 12.3. The molecule has 0 saturated heterocycles. The van der Waals surface area contributed by atoms with E-state index in [0.717, 1.165) is 17.5 Å². The van der Waals surface area contributed by atoms with Crippen LogP contribution in [0.5, 0.6) is 5.75 Å². The molecule has 0 spiro atoms. The fraction of sp³-hybridized carbons (Fsp3) is 0.286. The number of esters is 1. The number of rotatable bonds is 9. The van der Waals surface area contributed by atoms with Crippen molar-refractivity contribution in [2.45, 2.75) is 26.5 Å². The summed E-state index contributed by atoms with van der Waals surface area (Å²) in [4.78, 5) is 36.4. The second kappa shape index (κ2) is 10.1. The Kier molecular flexibility index (Phi) is 7.09. The summed E-state index contributed by atoms with van der Waals surface area (Å²) in [6.45, 7) is 1.96. The first-order valence-electron chi connectivity index (χ1n) is 9.57. The smallest absolute Gasteiger partial charge is 0.327 e. The van der Waals surface area contributed by atoms with E-state index in [-0.39, 0.29) is 6.54 Å². The van der Waals surface area contributed by atoms with Crippen LogP contribution in [-0.4, -0.2) is 40.0 Å². The van der Waals surface area contributed by atoms with Crippen LogP contribution in [0, 0.1) is 0 Å². The molecule has 0 fully saturated rings. The highest BCUT2D eigenvalue weighted by atomic mass is 16.5. The van der Waals surface area contributed by atoms with Crippen molar-refractivity contribution in [2.75, 3.05) is 13.2 Å². The lowest BCUT2D eigenvalue weighted by Gasteiger charge is -2.08. The largest absolute Gasteiger partial charge is 0.494 e. The lowest BCUT2D eigenvalue weighted by Crippen LogP contribution is -2.32. The van der Waals surface area contributed by atoms with E-state index in [1.54, 1.807) is 48.5 Å². The number of nitrogens with one attached hydrogen (secondary N) is 1. The van der Waals surface area contributed by atoms with Crippen LogP contribution < -0.4 is 15.6 Å². The molecule has 156 valence electrons. The van der Waals surface area contributed by atoms with Crippen molar-refractivity contribution in [1.29, 1.82) is 0 Å². The molecule has 0 aliphatic heterocycles. The molecule has 0 aliphatic rings. The van der Waals surface area contributed by atoms with E-state index < -0.39 is 24.2 Å². The lowest BCUT2D eigenvalue weighted by atomic mass is 10.2. The Bertz CT molecular complexity index is 1080. The first-order chi connectivity index (χ1) is 14.6. The van der Waals surface area contributed by atoms with Crippen molar-refractivity contribution < 1.29 is 19.1 Å². The van der Waals surface area contributed by atoms with Crippen LogP contribution in [0.15, 0.2) is 53.3 Å². The van der Waals surface area contributed by atoms with Crippen molar-refractivity contribution >= 4 is 22.8 Å². The van der Waals surface area contributed by atoms with Gasteiger partial charge in [0.2, 0.25) is 0 Å². The number of hydrogen-bond acceptors (Lipinski definition) is 7. The van der Waals surface area contributed by atoms with Crippen LogP contribution in [0.2, 0.25) is 0 Å². The molecule has 0 atom stereocenters. The second-order valence-corrected chi connectivity index (χ2v) is 6.47. The van der Waals surface area contributed by atoms with Crippen molar-refractivity contribution in [3.63, 3.8) is 0 Å². The van der Waals surface area contributed by atoms with Crippen LogP contribution in [-0.2, 0) is 16.3 Å². The Balaban J connectivity index is 1.48. The summed E-state index contributed by atoms with van der Waals surface area (Å²) in [5.41, 5.74) is 0.431. The summed E-state index contributed by atoms with van der Waals surface area (Å²) in [7, 11) is 0. The average molecular weight is 410 g/mol. The van der Waals surface area contributed by atoms with Crippen molar-refractivity contribution in [1.82, 2.24) is 20.3 Å². The molecule has 0 aliphatic carbocycles. The Morgan fingerprint density at radius 3 is 2.63 bits per heavy atom. The first-order valence-corrected chi connectivity index (χ1v) is 9.57. The second-order valence-electron chi connectivity index (χ2n) is 6.47. The highest BCUT2D eigenvalue weighted by Gasteiger charge is 2.11. The molecule has 30 heavy (non-hydrogen) atoms. The van der Waals surface area contributed by atoms with Gasteiger partial charge in [0.15, 0.2) is 6.73 Å². The quantitative estimate of drug-likeness (QED) is 0.423. The Morgan fingerprint density at radius 1 is 1.10 bits per heavy atom. The number of unbranched alkanes of at least 4 members (excludes halogenated alkanes) is 1. The van der Waals surface area contributed by atoms with E-state index in [9.17, 15) is 14.4 Å². The maximum Gasteiger partial charge on any atom is 0.327 e. The molecule has 0 unspecified atom stereocenters. The van der Waals surface area contributed by atoms with E-state index in [1.165, 1.54) is 0 Å². The topological polar surface area (TPSA) is 112 Å². The fourth-order valence-corrected chi connectivity index (χ4v) is 2.58. The lowest BCUT2D eigenvalue weighted by molar-refractivity contribution is -0.146. The molecule has 1 amide bonds. The number of hydrogen-bond donors (Lipinski definition) is 1. The third-order valence-corrected chi connectivity index (χ3v) is 4.25. The van der Waals surface area contributed by atoms with E-state index in [4.69, 9.17) is 9.47 Å². The van der Waals surface area contributed by atoms with Gasteiger partial charge in [0.05, 0.1) is 12.0 Å². The molecule has 3 aromatic rings. The molecule has 1 heterocycles. The van der Waals surface area contributed by atoms with E-state index in [0.29, 0.717) is 28.8 Å². The SMILES string of the molecule is CCCCOc1ccc(C(=O)NCC(=O)OCn2nnc3ccccc3c2=O)cc1. The molecule has 0 saturated carbocycles. The van der Waals surface area contributed by atoms with Gasteiger partial charge >= 0.3 is 5.97 Å². The van der Waals surface area contributed by atoms with Gasteiger partial charge in [-0.15, -0.1) is 5.10 Å². The summed E-state index contributed by atoms with van der Waals surface area (Å²) in [5.74, 6) is -0.444. The third kappa shape index (κ3) is 5.40. The van der Waals surface area contributed by atoms with E-state index in [1.807, 2.05) is 0 Å². The number of carbonyl (C=O) groups excluding carboxylic acids is 2. The zero-order valence-electron chi connectivity index (χ0n) is 16.5. The van der Waals surface area contributed by atoms with Crippen molar-refractivity contribution in [3.8, 4) is 5.75 Å². The zero-order valence-corrected chi connectivity index (χ0v) is 16.5. The van der Waals surface area contributed by atoms with Crippen LogP contribution in [0.4, 0.5) is 0 Å². The summed E-state index contributed by atoms with van der Waals surface area (Å²) < 4.78 is 11.5. The first kappa shape index (κ1) is 21.0. The minimum atomic E-state index is -0.704. The molecular weight excluding hydrogens is 388 g/mol. The average Bonchev–Trinajstić information content (AvgIpc) is 2.78. The molecule has 2 aromatic carbocycles. The van der Waals surface area contributed by atoms with Crippen LogP contribution in [0.25, 0.3) is 10.9 Å². The number of amides is 1. The fourth-order valence-electron chi connectivity index (χ4n) is 2.58. The highest BCUT2D eigenvalue weighted by Crippen LogP contribution is 2.12. The van der Waals surface area contributed by atoms with Crippen LogP contribution >= 0.6 is 0 Å². The van der Waals surface area contributed by atoms with Gasteiger partial charge in [-0.3, -0.25) is 14.4 Å². The molecule has 0 bridgehead atoms. The standard InChI is InChI=1S/C21H22N4O5/c1-2-3-12-29-16-10-8-15(9-11-16)20(27)22-13-19(26)30-14-25-21(28)17-6-4-5-7-18(17)23-24-25/h4-11H,2-3,12-14H2,1H3,(H,22,27). The predicted molar refractivity (Wildman–Crippen MR) is 109 cm³/mol. The number of aromatic nitrogens is 3. The highest BCUT2D eigenvalue weighted by molar-refractivity contribution is 5.96. The van der Waals surface area contributed by atoms with Gasteiger partial charge in [0, 0.05) is 5.56 Å². The number of ether oxygens (including phenoxy) is 2. The maximum atomic E-state index is 12.3. The number of carbonyl (C=O) groups is 2. The third-order valence-electron chi connectivity index (χ3n) is 4.25. The molecule has 9 nitrogen and oxygen atoms in total. The summed E-state index contributed by atoms with van der Waals surface area (Å²) in [6.07, 6.45) is 2.00. The molecule has 9 heteroatoms. The van der Waals surface area contributed by atoms with E-state index >= 15 is 0 Å². The minimum Gasteiger partial charge on any atom is -0.494 e. The predicted octanol–water partition coefficient (Wildman–Crippen LogP) is 1.90. The van der Waals surface area contributed by atoms with Gasteiger partial charge in [-0.2, -0.15) is 4.68 Å². The Labute approximate surface area is 172 Å². The monoisotopic (exact) mass is 410 g/mol. The van der Waals surface area contributed by atoms with Gasteiger partial charge < -0.3 is 14.8 Å². The van der Waals surface area contributed by atoms with Crippen LogP contribution in [0.3, 0.4) is 0 Å². The molecule has 3 rings (SSSR count). The Hall–Kier alpha value is -3.75. The zero-order chi connectivity index (χ0) is 21.3. The van der Waals surface area contributed by atoms with Gasteiger partial charge in [0.1, 0.15) is 17.8 Å². The van der Waals surface area contributed by atoms with Gasteiger partial charge in [-0.25, -0.2) is 0 Å². The van der Waals surface area contributed by atoms with Crippen molar-refractivity contribution in [2.24, 2.45) is 0 Å². The molecule has 1 aromatic heterocycles.